The van der Waals surface area contributed by atoms with Crippen molar-refractivity contribution in [2.45, 2.75) is 26.4 Å². The lowest BCUT2D eigenvalue weighted by Crippen LogP contribution is -2.27. The first kappa shape index (κ1) is 13.5. The summed E-state index contributed by atoms with van der Waals surface area (Å²) >= 11 is 3.21. The van der Waals surface area contributed by atoms with Crippen molar-refractivity contribution in [3.63, 3.8) is 0 Å². The van der Waals surface area contributed by atoms with E-state index < -0.39 is 11.7 Å². The highest BCUT2D eigenvalue weighted by Crippen LogP contribution is 2.21. The van der Waals surface area contributed by atoms with Crippen molar-refractivity contribution in [2.75, 3.05) is 5.32 Å². The number of aromatic nitrogens is 1. The second kappa shape index (κ2) is 5.15. The quantitative estimate of drug-likeness (QED) is 0.864. The molecule has 0 aromatic carbocycles. The summed E-state index contributed by atoms with van der Waals surface area (Å²) in [6, 6.07) is 3.52. The Morgan fingerprint density at radius 3 is 2.71 bits per heavy atom. The van der Waals surface area contributed by atoms with E-state index >= 15 is 0 Å². The molecule has 0 fully saturated rings. The van der Waals surface area contributed by atoms with Gasteiger partial charge >= 0.3 is 6.09 Å². The molecule has 1 amide bonds. The number of nitrogens with zero attached hydrogens (tertiary/aromatic N) is 2. The number of hydrogen-bond donors (Lipinski definition) is 1. The molecule has 1 heterocycles. The summed E-state index contributed by atoms with van der Waals surface area (Å²) < 4.78 is 5.61. The topological polar surface area (TPSA) is 75.0 Å². The van der Waals surface area contributed by atoms with Gasteiger partial charge in [0.2, 0.25) is 0 Å². The van der Waals surface area contributed by atoms with Crippen molar-refractivity contribution >= 4 is 27.8 Å². The Bertz CT molecular complexity index is 475. The SMILES string of the molecule is CC(C)(C)OC(=O)Nc1ncc(C#N)cc1Br. The molecule has 1 aromatic rings. The van der Waals surface area contributed by atoms with Gasteiger partial charge in [-0.05, 0) is 42.8 Å². The van der Waals surface area contributed by atoms with Crippen LogP contribution >= 0.6 is 15.9 Å². The molecule has 5 nitrogen and oxygen atoms in total. The molecule has 6 heteroatoms. The first-order chi connectivity index (χ1) is 7.81. The lowest BCUT2D eigenvalue weighted by atomic mass is 10.2. The summed E-state index contributed by atoms with van der Waals surface area (Å²) in [4.78, 5) is 15.4. The van der Waals surface area contributed by atoms with Crippen molar-refractivity contribution in [3.8, 4) is 6.07 Å². The maximum Gasteiger partial charge on any atom is 0.413 e. The summed E-state index contributed by atoms with van der Waals surface area (Å²) in [5.41, 5.74) is -0.157. The molecule has 0 unspecified atom stereocenters. The van der Waals surface area contributed by atoms with Gasteiger partial charge in [0.05, 0.1) is 10.0 Å². The van der Waals surface area contributed by atoms with Gasteiger partial charge in [0.1, 0.15) is 17.5 Å². The molecule has 90 valence electrons. The summed E-state index contributed by atoms with van der Waals surface area (Å²) in [6.07, 6.45) is 0.785. The normalized spacial score (nSPS) is 10.5. The number of amides is 1. The molecule has 0 bridgehead atoms. The smallest absolute Gasteiger partial charge is 0.413 e. The van der Waals surface area contributed by atoms with Crippen molar-refractivity contribution in [1.82, 2.24) is 4.98 Å². The summed E-state index contributed by atoms with van der Waals surface area (Å²) in [5.74, 6) is 0.318. The van der Waals surface area contributed by atoms with Crippen LogP contribution in [0.1, 0.15) is 26.3 Å². The van der Waals surface area contributed by atoms with E-state index in [9.17, 15) is 4.79 Å². The van der Waals surface area contributed by atoms with Crippen LogP contribution in [0.25, 0.3) is 0 Å². The Labute approximate surface area is 108 Å². The maximum absolute atomic E-state index is 11.5. The number of hydrogen-bond acceptors (Lipinski definition) is 4. The molecule has 1 N–H and O–H groups in total. The van der Waals surface area contributed by atoms with Crippen molar-refractivity contribution in [3.05, 3.63) is 22.3 Å². The maximum atomic E-state index is 11.5. The number of pyridine rings is 1. The number of carbonyl (C=O) groups is 1. The molecule has 0 aliphatic rings. The Hall–Kier alpha value is -1.61. The first-order valence-corrected chi connectivity index (χ1v) is 5.67. The van der Waals surface area contributed by atoms with E-state index in [1.807, 2.05) is 6.07 Å². The Kier molecular flexibility index (Phi) is 4.07. The molecule has 0 radical (unpaired) electrons. The third kappa shape index (κ3) is 4.41. The standard InChI is InChI=1S/C11H12BrN3O2/c1-11(2,3)17-10(16)15-9-8(12)4-7(5-13)6-14-9/h4,6H,1-3H3,(H,14,15,16). The molecule has 1 aromatic heterocycles. The van der Waals surface area contributed by atoms with E-state index in [0.717, 1.165) is 0 Å². The Morgan fingerprint density at radius 1 is 1.59 bits per heavy atom. The summed E-state index contributed by atoms with van der Waals surface area (Å²) in [6.45, 7) is 5.31. The fourth-order valence-corrected chi connectivity index (χ4v) is 1.44. The van der Waals surface area contributed by atoms with Gasteiger partial charge in [-0.25, -0.2) is 9.78 Å². The molecule has 0 aliphatic carbocycles. The van der Waals surface area contributed by atoms with Crippen molar-refractivity contribution in [2.24, 2.45) is 0 Å². The minimum Gasteiger partial charge on any atom is -0.444 e. The monoisotopic (exact) mass is 297 g/mol. The van der Waals surface area contributed by atoms with E-state index in [1.54, 1.807) is 26.8 Å². The van der Waals surface area contributed by atoms with Gasteiger partial charge < -0.3 is 4.74 Å². The van der Waals surface area contributed by atoms with Crippen LogP contribution in [-0.2, 0) is 4.74 Å². The minimum atomic E-state index is -0.588. The van der Waals surface area contributed by atoms with E-state index in [1.165, 1.54) is 6.20 Å². The minimum absolute atomic E-state index is 0.318. The Morgan fingerprint density at radius 2 is 2.24 bits per heavy atom. The van der Waals surface area contributed by atoms with Crippen LogP contribution < -0.4 is 5.32 Å². The lowest BCUT2D eigenvalue weighted by molar-refractivity contribution is 0.0635. The molecule has 0 spiro atoms. The summed E-state index contributed by atoms with van der Waals surface area (Å²) in [7, 11) is 0. The third-order valence-corrected chi connectivity index (χ3v) is 2.19. The highest BCUT2D eigenvalue weighted by Gasteiger charge is 2.17. The van der Waals surface area contributed by atoms with Crippen LogP contribution in [0.15, 0.2) is 16.7 Å². The number of nitrogens with one attached hydrogen (secondary N) is 1. The fraction of sp³-hybridized carbons (Fsp3) is 0.364. The Balaban J connectivity index is 2.76. The zero-order chi connectivity index (χ0) is 13.1. The average Bonchev–Trinajstić information content (AvgIpc) is 2.18. The van der Waals surface area contributed by atoms with Gasteiger partial charge in [-0.2, -0.15) is 5.26 Å². The average molecular weight is 298 g/mol. The van der Waals surface area contributed by atoms with Gasteiger partial charge in [0, 0.05) is 6.20 Å². The predicted octanol–water partition coefficient (Wildman–Crippen LogP) is 3.06. The molecule has 17 heavy (non-hydrogen) atoms. The second-order valence-electron chi connectivity index (χ2n) is 4.29. The number of nitriles is 1. The number of anilines is 1. The van der Waals surface area contributed by atoms with E-state index in [0.29, 0.717) is 15.9 Å². The first-order valence-electron chi connectivity index (χ1n) is 4.87. The van der Waals surface area contributed by atoms with Gasteiger partial charge in [-0.3, -0.25) is 5.32 Å². The van der Waals surface area contributed by atoms with Gasteiger partial charge in [0.25, 0.3) is 0 Å². The molecule has 0 saturated carbocycles. The third-order valence-electron chi connectivity index (χ3n) is 1.59. The van der Waals surface area contributed by atoms with Gasteiger partial charge in [-0.15, -0.1) is 0 Å². The largest absolute Gasteiger partial charge is 0.444 e. The van der Waals surface area contributed by atoms with Crippen LogP contribution in [0, 0.1) is 11.3 Å². The molecule has 0 atom stereocenters. The highest BCUT2D eigenvalue weighted by atomic mass is 79.9. The fourth-order valence-electron chi connectivity index (χ4n) is 0.991. The molecule has 0 saturated heterocycles. The van der Waals surface area contributed by atoms with Crippen LogP contribution in [0.2, 0.25) is 0 Å². The number of rotatable bonds is 1. The number of halogens is 1. The van der Waals surface area contributed by atoms with Crippen LogP contribution in [0.4, 0.5) is 10.6 Å². The van der Waals surface area contributed by atoms with Crippen LogP contribution in [-0.4, -0.2) is 16.7 Å². The van der Waals surface area contributed by atoms with E-state index in [-0.39, 0.29) is 0 Å². The molecular weight excluding hydrogens is 286 g/mol. The zero-order valence-electron chi connectivity index (χ0n) is 9.74. The van der Waals surface area contributed by atoms with Crippen molar-refractivity contribution in [1.29, 1.82) is 5.26 Å². The summed E-state index contributed by atoms with van der Waals surface area (Å²) in [5, 5.41) is 11.2. The number of carbonyl (C=O) groups excluding carboxylic acids is 1. The van der Waals surface area contributed by atoms with Gasteiger partial charge in [-0.1, -0.05) is 0 Å². The zero-order valence-corrected chi connectivity index (χ0v) is 11.3. The molecular formula is C11H12BrN3O2. The van der Waals surface area contributed by atoms with Crippen LogP contribution in [0.5, 0.6) is 0 Å². The molecule has 1 rings (SSSR count). The van der Waals surface area contributed by atoms with Crippen LogP contribution in [0.3, 0.4) is 0 Å². The highest BCUT2D eigenvalue weighted by molar-refractivity contribution is 9.10. The van der Waals surface area contributed by atoms with E-state index in [4.69, 9.17) is 10.00 Å². The van der Waals surface area contributed by atoms with E-state index in [2.05, 4.69) is 26.2 Å². The second-order valence-corrected chi connectivity index (χ2v) is 5.15. The van der Waals surface area contributed by atoms with Gasteiger partial charge in [0.15, 0.2) is 0 Å². The number of ether oxygens (including phenoxy) is 1. The lowest BCUT2D eigenvalue weighted by Gasteiger charge is -2.19. The predicted molar refractivity (Wildman–Crippen MR) is 66.5 cm³/mol. The molecule has 0 aliphatic heterocycles. The van der Waals surface area contributed by atoms with Crippen molar-refractivity contribution < 1.29 is 9.53 Å².